The first kappa shape index (κ1) is 36.3. The number of nitrogens with zero attached hydrogens (tertiary/aromatic N) is 5. The van der Waals surface area contributed by atoms with Crippen LogP contribution >= 0.6 is 0 Å². The second-order valence-corrected chi connectivity index (χ2v) is 16.8. The summed E-state index contributed by atoms with van der Waals surface area (Å²) in [4.78, 5) is 4.95. The molecule has 6 nitrogen and oxygen atoms in total. The summed E-state index contributed by atoms with van der Waals surface area (Å²) >= 11 is 0. The molecule has 10 aromatic rings. The average molecular weight is 812 g/mol. The van der Waals surface area contributed by atoms with Crippen molar-refractivity contribution >= 4 is 82.4 Å². The fraction of sp³-hybridized carbons (Fsp3) is 0.0926. The van der Waals surface area contributed by atoms with E-state index in [1.54, 1.807) is 0 Å². The first-order chi connectivity index (χ1) is 31.6. The molecule has 3 heterocycles. The second kappa shape index (κ2) is 15.8. The van der Waals surface area contributed by atoms with E-state index < -0.39 is 5.89 Å². The molecule has 1 saturated carbocycles. The number of hydrogen-bond acceptors (Lipinski definition) is 5. The monoisotopic (exact) mass is 812 g/mol. The smallest absolute Gasteiger partial charge is 0.388 e. The van der Waals surface area contributed by atoms with E-state index in [0.717, 1.165) is 81.6 Å². The molecule has 63 heavy (non-hydrogen) atoms. The lowest BCUT2D eigenvalue weighted by molar-refractivity contribution is 0.641. The summed E-state index contributed by atoms with van der Waals surface area (Å²) in [6.45, 7) is -0.777. The predicted molar refractivity (Wildman–Crippen MR) is 265 cm³/mol. The number of benzene rings is 8. The van der Waals surface area contributed by atoms with Crippen LogP contribution in [0.4, 0.5) is 17.1 Å². The summed E-state index contributed by atoms with van der Waals surface area (Å²) in [5, 5.41) is 0. The van der Waals surface area contributed by atoms with Crippen molar-refractivity contribution in [3.8, 4) is 11.1 Å². The number of hydrogen-bond donors (Lipinski definition) is 0. The summed E-state index contributed by atoms with van der Waals surface area (Å²) in [6, 6.07) is 76.2. The van der Waals surface area contributed by atoms with E-state index in [1.165, 1.54) is 16.4 Å². The van der Waals surface area contributed by atoms with Crippen LogP contribution in [0.25, 0.3) is 39.1 Å². The summed E-state index contributed by atoms with van der Waals surface area (Å²) in [7, 11) is 0. The molecule has 0 radical (unpaired) electrons. The van der Waals surface area contributed by atoms with Gasteiger partial charge in [-0.25, -0.2) is 0 Å². The molecule has 9 heteroatoms. The molecule has 2 fully saturated rings. The van der Waals surface area contributed by atoms with Gasteiger partial charge in [0, 0.05) is 24.0 Å². The normalized spacial score (nSPS) is 15.5. The van der Waals surface area contributed by atoms with Crippen LogP contribution in [0.1, 0.15) is 38.5 Å². The molecule has 0 bridgehead atoms. The Morgan fingerprint density at radius 2 is 0.952 bits per heavy atom. The van der Waals surface area contributed by atoms with Crippen LogP contribution in [0.15, 0.2) is 217 Å². The zero-order valence-electron chi connectivity index (χ0n) is 35.9. The van der Waals surface area contributed by atoms with Gasteiger partial charge in [0.2, 0.25) is 0 Å². The Morgan fingerprint density at radius 3 is 1.51 bits per heavy atom. The first-order valence-electron chi connectivity index (χ1n) is 22.7. The predicted octanol–water partition coefficient (Wildman–Crippen LogP) is 10.6. The van der Waals surface area contributed by atoms with Crippen LogP contribution in [-0.2, 0) is 0 Å². The van der Waals surface area contributed by atoms with Gasteiger partial charge in [0.1, 0.15) is 0 Å². The highest BCUT2D eigenvalue weighted by Crippen LogP contribution is 2.45. The van der Waals surface area contributed by atoms with Gasteiger partial charge in [0.05, 0.1) is 16.6 Å². The van der Waals surface area contributed by atoms with Gasteiger partial charge >= 0.3 is 26.8 Å². The number of rotatable bonds is 8. The summed E-state index contributed by atoms with van der Waals surface area (Å²) in [5.41, 5.74) is 13.4. The maximum Gasteiger partial charge on any atom is 0.388 e. The molecular weight excluding hydrogens is 767 g/mol. The Balaban J connectivity index is 1.16. The largest absolute Gasteiger partial charge is 0.422 e. The van der Waals surface area contributed by atoms with Crippen LogP contribution in [0.2, 0.25) is 0 Å². The Hall–Kier alpha value is -7.38. The van der Waals surface area contributed by atoms with Crippen molar-refractivity contribution in [1.29, 1.82) is 0 Å². The van der Waals surface area contributed by atoms with Crippen molar-refractivity contribution in [3.63, 3.8) is 0 Å². The standard InChI is InChI=1S/C54H44B3N5O/c1-6-24-42(25-7-1)55-60(45-30-12-4-13-31-45)56(43-26-8-2-9-27-43)62(57(44-28-10-3-11-29-44)61(55)46-32-14-5-15-33-46)47-34-20-23-41(39-47)52-48(40-21-16-17-22-40)37-38-51-53(52)63-54-58-49-35-18-19-36-50(49)59(51)54/h1-15,18-20,23-40H,16-17,21-22H2/i40D. The molecule has 0 atom stereocenters. The third-order valence-corrected chi connectivity index (χ3v) is 13.1. The minimum Gasteiger partial charge on any atom is -0.422 e. The fourth-order valence-electron chi connectivity index (χ4n) is 10.4. The van der Waals surface area contributed by atoms with Crippen LogP contribution < -0.4 is 30.6 Å². The quantitative estimate of drug-likeness (QED) is 0.143. The summed E-state index contributed by atoms with van der Waals surface area (Å²) in [6.07, 6.45) is 3.68. The number of para-hydroxylation sites is 4. The Labute approximate surface area is 370 Å². The maximum atomic E-state index is 10.0. The van der Waals surface area contributed by atoms with E-state index in [0.29, 0.717) is 5.84 Å². The molecule has 2 aliphatic rings. The van der Waals surface area contributed by atoms with Crippen molar-refractivity contribution in [2.45, 2.75) is 31.6 Å². The highest BCUT2D eigenvalue weighted by molar-refractivity contribution is 7.14. The van der Waals surface area contributed by atoms with Gasteiger partial charge in [-0.15, -0.1) is 0 Å². The number of aromatic nitrogens is 2. The summed E-state index contributed by atoms with van der Waals surface area (Å²) < 4.78 is 26.8. The van der Waals surface area contributed by atoms with Crippen LogP contribution in [0, 0.1) is 0 Å². The van der Waals surface area contributed by atoms with Gasteiger partial charge in [-0.05, 0) is 101 Å². The van der Waals surface area contributed by atoms with Crippen molar-refractivity contribution in [2.24, 2.45) is 0 Å². The molecule has 0 amide bonds. The molecule has 1 saturated heterocycles. The van der Waals surface area contributed by atoms with E-state index in [2.05, 4.69) is 219 Å². The van der Waals surface area contributed by atoms with Gasteiger partial charge in [-0.3, -0.25) is 4.40 Å². The Morgan fingerprint density at radius 1 is 0.476 bits per heavy atom. The minimum absolute atomic E-state index is 0.221. The molecule has 12 rings (SSSR count). The fourth-order valence-corrected chi connectivity index (χ4v) is 10.4. The molecule has 2 aromatic heterocycles. The van der Waals surface area contributed by atoms with Gasteiger partial charge < -0.3 is 18.6 Å². The average Bonchev–Trinajstić information content (AvgIpc) is 4.08. The molecule has 300 valence electrons. The van der Waals surface area contributed by atoms with E-state index in [-0.39, 0.29) is 20.9 Å². The van der Waals surface area contributed by atoms with Crippen molar-refractivity contribution in [2.75, 3.05) is 14.2 Å². The van der Waals surface area contributed by atoms with Gasteiger partial charge in [0.25, 0.3) is 0 Å². The van der Waals surface area contributed by atoms with Crippen LogP contribution in [-0.4, -0.2) is 30.3 Å². The third kappa shape index (κ3) is 6.41. The van der Waals surface area contributed by atoms with Crippen molar-refractivity contribution < 1.29 is 5.79 Å². The first-order valence-corrected chi connectivity index (χ1v) is 22.2. The van der Waals surface area contributed by atoms with Crippen LogP contribution in [0.5, 0.6) is 0 Å². The van der Waals surface area contributed by atoms with Gasteiger partial charge in [-0.2, -0.15) is 4.98 Å². The van der Waals surface area contributed by atoms with E-state index in [9.17, 15) is 1.37 Å². The zero-order valence-corrected chi connectivity index (χ0v) is 34.9. The topological polar surface area (TPSA) is 40.2 Å². The van der Waals surface area contributed by atoms with E-state index in [1.807, 2.05) is 12.1 Å². The lowest BCUT2D eigenvalue weighted by atomic mass is 9.37. The number of imidazole rings is 1. The number of fused-ring (bicyclic) bond motifs is 5. The van der Waals surface area contributed by atoms with Crippen molar-refractivity contribution in [1.82, 2.24) is 9.38 Å². The third-order valence-electron chi connectivity index (χ3n) is 13.1. The highest BCUT2D eigenvalue weighted by atomic mass is 16.4. The van der Waals surface area contributed by atoms with Gasteiger partial charge in [0.15, 0.2) is 5.58 Å². The lowest BCUT2D eigenvalue weighted by Crippen LogP contribution is -2.86. The SMILES string of the molecule is [2H]C1(c2ccc3c(oc4nc5ccccc5n43)c2-c2cccc(N3B(c4ccccc4)N(c4ccccc4)B(c4ccccc4)N(c4ccccc4)B3c3ccccc3)c2)CCCC1. The number of anilines is 3. The molecule has 8 aromatic carbocycles. The molecule has 1 aliphatic carbocycles. The van der Waals surface area contributed by atoms with Crippen molar-refractivity contribution in [3.05, 3.63) is 218 Å². The van der Waals surface area contributed by atoms with E-state index in [4.69, 9.17) is 9.40 Å². The summed E-state index contributed by atoms with van der Waals surface area (Å²) in [5.74, 6) is -0.179. The Kier molecular flexibility index (Phi) is 9.12. The minimum atomic E-state index is -0.738. The number of oxazole rings is 1. The molecule has 0 N–H and O–H groups in total. The molecule has 1 aliphatic heterocycles. The molecular formula is C54H44B3N5O. The lowest BCUT2D eigenvalue weighted by Gasteiger charge is -2.57. The Bertz CT molecular complexity index is 3150. The second-order valence-electron chi connectivity index (χ2n) is 16.8. The molecule has 0 spiro atoms. The highest BCUT2D eigenvalue weighted by Gasteiger charge is 2.55. The maximum absolute atomic E-state index is 10.0. The zero-order chi connectivity index (χ0) is 42.6. The van der Waals surface area contributed by atoms with E-state index >= 15 is 0 Å². The van der Waals surface area contributed by atoms with Gasteiger partial charge in [-0.1, -0.05) is 171 Å². The van der Waals surface area contributed by atoms with Crippen LogP contribution in [0.3, 0.4) is 0 Å². The molecule has 0 unspecified atom stereocenters.